The van der Waals surface area contributed by atoms with Crippen LogP contribution in [0.1, 0.15) is 18.4 Å². The number of aromatic nitrogens is 3. The number of aromatic amines is 1. The van der Waals surface area contributed by atoms with Crippen molar-refractivity contribution in [2.75, 3.05) is 13.1 Å². The van der Waals surface area contributed by atoms with E-state index in [1.165, 1.54) is 6.07 Å². The number of likely N-dealkylation sites (tertiary alicyclic amines) is 1. The second-order valence-electron chi connectivity index (χ2n) is 6.72. The number of primary amides is 1. The van der Waals surface area contributed by atoms with Gasteiger partial charge in [0.2, 0.25) is 5.91 Å². The lowest BCUT2D eigenvalue weighted by Gasteiger charge is -2.25. The number of H-pyrrole nitrogens is 1. The number of nitrogens with two attached hydrogens (primary N) is 1. The van der Waals surface area contributed by atoms with Gasteiger partial charge in [0.15, 0.2) is 0 Å². The SMILES string of the molecule is NC(=O)C(Cc1cc(-c2ccc3[nH]nnc3c2)ccc1F)N1CCCC1. The molecule has 4 rings (SSSR count). The Morgan fingerprint density at radius 3 is 2.69 bits per heavy atom. The number of hydrogen-bond donors (Lipinski definition) is 2. The maximum Gasteiger partial charge on any atom is 0.235 e. The van der Waals surface area contributed by atoms with Crippen LogP contribution >= 0.6 is 0 Å². The highest BCUT2D eigenvalue weighted by atomic mass is 19.1. The highest BCUT2D eigenvalue weighted by Gasteiger charge is 2.27. The molecule has 1 fully saturated rings. The molecule has 1 aromatic heterocycles. The molecule has 26 heavy (non-hydrogen) atoms. The first-order valence-electron chi connectivity index (χ1n) is 8.75. The van der Waals surface area contributed by atoms with E-state index in [1.807, 2.05) is 18.2 Å². The van der Waals surface area contributed by atoms with Crippen molar-refractivity contribution in [2.45, 2.75) is 25.3 Å². The van der Waals surface area contributed by atoms with Gasteiger partial charge < -0.3 is 5.73 Å². The van der Waals surface area contributed by atoms with E-state index in [2.05, 4.69) is 20.3 Å². The molecular formula is C19H20FN5O. The fourth-order valence-electron chi connectivity index (χ4n) is 3.60. The van der Waals surface area contributed by atoms with Crippen molar-refractivity contribution in [1.29, 1.82) is 0 Å². The van der Waals surface area contributed by atoms with Crippen LogP contribution in [-0.4, -0.2) is 45.3 Å². The number of carbonyl (C=O) groups is 1. The van der Waals surface area contributed by atoms with E-state index < -0.39 is 11.9 Å². The molecule has 0 aliphatic carbocycles. The second-order valence-corrected chi connectivity index (χ2v) is 6.72. The van der Waals surface area contributed by atoms with Crippen LogP contribution in [0.3, 0.4) is 0 Å². The van der Waals surface area contributed by atoms with Crippen molar-refractivity contribution >= 4 is 16.9 Å². The predicted molar refractivity (Wildman–Crippen MR) is 96.8 cm³/mol. The number of carbonyl (C=O) groups excluding carboxylic acids is 1. The van der Waals surface area contributed by atoms with Crippen LogP contribution < -0.4 is 5.73 Å². The Bertz CT molecular complexity index is 948. The first-order chi connectivity index (χ1) is 12.6. The van der Waals surface area contributed by atoms with E-state index in [4.69, 9.17) is 5.73 Å². The van der Waals surface area contributed by atoms with Gasteiger partial charge in [0.05, 0.1) is 11.6 Å². The normalized spacial score (nSPS) is 16.2. The fraction of sp³-hybridized carbons (Fsp3) is 0.316. The van der Waals surface area contributed by atoms with Crippen molar-refractivity contribution < 1.29 is 9.18 Å². The topological polar surface area (TPSA) is 87.9 Å². The van der Waals surface area contributed by atoms with Crippen molar-refractivity contribution in [1.82, 2.24) is 20.3 Å². The standard InChI is InChI=1S/C19H20FN5O/c20-15-5-3-12(13-4-6-16-17(10-13)23-24-22-16)9-14(15)11-18(19(21)26)25-7-1-2-8-25/h3-6,9-10,18H,1-2,7-8,11H2,(H2,21,26)(H,22,23,24). The van der Waals surface area contributed by atoms with Gasteiger partial charge in [-0.25, -0.2) is 4.39 Å². The predicted octanol–water partition coefficient (Wildman–Crippen LogP) is 2.26. The molecular weight excluding hydrogens is 333 g/mol. The summed E-state index contributed by atoms with van der Waals surface area (Å²) in [5.41, 5.74) is 9.48. The lowest BCUT2D eigenvalue weighted by Crippen LogP contribution is -2.44. The third-order valence-electron chi connectivity index (χ3n) is 5.03. The maximum atomic E-state index is 14.4. The van der Waals surface area contributed by atoms with Gasteiger partial charge in [-0.05, 0) is 73.3 Å². The summed E-state index contributed by atoms with van der Waals surface area (Å²) >= 11 is 0. The van der Waals surface area contributed by atoms with Gasteiger partial charge in [-0.2, -0.15) is 0 Å². The van der Waals surface area contributed by atoms with Gasteiger partial charge in [-0.15, -0.1) is 5.10 Å². The average molecular weight is 353 g/mol. The van der Waals surface area contributed by atoms with E-state index in [9.17, 15) is 9.18 Å². The smallest absolute Gasteiger partial charge is 0.235 e. The number of amides is 1. The third kappa shape index (κ3) is 3.17. The van der Waals surface area contributed by atoms with Crippen molar-refractivity contribution in [2.24, 2.45) is 5.73 Å². The molecule has 0 bridgehead atoms. The molecule has 1 aliphatic rings. The fourth-order valence-corrected chi connectivity index (χ4v) is 3.60. The van der Waals surface area contributed by atoms with Crippen LogP contribution in [-0.2, 0) is 11.2 Å². The second kappa shape index (κ2) is 6.84. The molecule has 1 aliphatic heterocycles. The van der Waals surface area contributed by atoms with Crippen LogP contribution in [0.25, 0.3) is 22.2 Å². The van der Waals surface area contributed by atoms with E-state index in [1.54, 1.807) is 12.1 Å². The minimum atomic E-state index is -0.472. The highest BCUT2D eigenvalue weighted by Crippen LogP contribution is 2.26. The summed E-state index contributed by atoms with van der Waals surface area (Å²) in [4.78, 5) is 14.0. The zero-order chi connectivity index (χ0) is 18.1. The number of nitrogens with one attached hydrogen (secondary N) is 1. The van der Waals surface area contributed by atoms with Gasteiger partial charge in [0.1, 0.15) is 11.3 Å². The Balaban J connectivity index is 1.65. The molecule has 1 amide bonds. The quantitative estimate of drug-likeness (QED) is 0.736. The van der Waals surface area contributed by atoms with Crippen molar-refractivity contribution in [3.63, 3.8) is 0 Å². The van der Waals surface area contributed by atoms with Crippen LogP contribution in [0, 0.1) is 5.82 Å². The first kappa shape index (κ1) is 16.7. The average Bonchev–Trinajstić information content (AvgIpc) is 3.31. The number of rotatable bonds is 5. The van der Waals surface area contributed by atoms with Crippen molar-refractivity contribution in [3.05, 3.63) is 47.8 Å². The molecule has 3 aromatic rings. The molecule has 0 saturated carbocycles. The molecule has 1 atom stereocenters. The monoisotopic (exact) mass is 353 g/mol. The molecule has 2 heterocycles. The van der Waals surface area contributed by atoms with Gasteiger partial charge in [-0.3, -0.25) is 14.8 Å². The summed E-state index contributed by atoms with van der Waals surface area (Å²) in [5, 5.41) is 10.6. The minimum Gasteiger partial charge on any atom is -0.368 e. The van der Waals surface area contributed by atoms with Gasteiger partial charge in [-0.1, -0.05) is 17.3 Å². The third-order valence-corrected chi connectivity index (χ3v) is 5.03. The van der Waals surface area contributed by atoms with Crippen molar-refractivity contribution in [3.8, 4) is 11.1 Å². The van der Waals surface area contributed by atoms with E-state index in [0.29, 0.717) is 5.56 Å². The van der Waals surface area contributed by atoms with Crippen LogP contribution in [0.5, 0.6) is 0 Å². The Hall–Kier alpha value is -2.80. The first-order valence-corrected chi connectivity index (χ1v) is 8.75. The number of halogens is 1. The zero-order valence-corrected chi connectivity index (χ0v) is 14.3. The van der Waals surface area contributed by atoms with E-state index >= 15 is 0 Å². The van der Waals surface area contributed by atoms with Crippen LogP contribution in [0.15, 0.2) is 36.4 Å². The maximum absolute atomic E-state index is 14.4. The van der Waals surface area contributed by atoms with Gasteiger partial charge >= 0.3 is 0 Å². The van der Waals surface area contributed by atoms with E-state index in [-0.39, 0.29) is 12.2 Å². The summed E-state index contributed by atoms with van der Waals surface area (Å²) in [6.45, 7) is 1.66. The van der Waals surface area contributed by atoms with E-state index in [0.717, 1.165) is 48.1 Å². The number of fused-ring (bicyclic) bond motifs is 1. The summed E-state index contributed by atoms with van der Waals surface area (Å²) in [6, 6.07) is 10.2. The molecule has 0 spiro atoms. The molecule has 2 aromatic carbocycles. The lowest BCUT2D eigenvalue weighted by atomic mass is 9.98. The Morgan fingerprint density at radius 1 is 1.19 bits per heavy atom. The lowest BCUT2D eigenvalue weighted by molar-refractivity contribution is -0.122. The number of hydrogen-bond acceptors (Lipinski definition) is 4. The number of benzene rings is 2. The zero-order valence-electron chi connectivity index (χ0n) is 14.3. The molecule has 3 N–H and O–H groups in total. The molecule has 134 valence electrons. The summed E-state index contributed by atoms with van der Waals surface area (Å²) < 4.78 is 14.4. The molecule has 1 unspecified atom stereocenters. The van der Waals surface area contributed by atoms with Crippen LogP contribution in [0.4, 0.5) is 4.39 Å². The Morgan fingerprint density at radius 2 is 1.92 bits per heavy atom. The minimum absolute atomic E-state index is 0.279. The molecule has 1 saturated heterocycles. The molecule has 7 heteroatoms. The Kier molecular flexibility index (Phi) is 4.38. The van der Waals surface area contributed by atoms with Crippen LogP contribution in [0.2, 0.25) is 0 Å². The largest absolute Gasteiger partial charge is 0.368 e. The highest BCUT2D eigenvalue weighted by molar-refractivity contribution is 5.82. The molecule has 6 nitrogen and oxygen atoms in total. The van der Waals surface area contributed by atoms with Gasteiger partial charge in [0, 0.05) is 0 Å². The summed E-state index contributed by atoms with van der Waals surface area (Å²) in [5.74, 6) is -0.720. The Labute approximate surface area is 150 Å². The number of nitrogens with zero attached hydrogens (tertiary/aromatic N) is 3. The summed E-state index contributed by atoms with van der Waals surface area (Å²) in [6.07, 6.45) is 2.37. The van der Waals surface area contributed by atoms with Gasteiger partial charge in [0.25, 0.3) is 0 Å². The molecule has 0 radical (unpaired) electrons. The summed E-state index contributed by atoms with van der Waals surface area (Å²) in [7, 11) is 0.